The molecule has 4 nitrogen and oxygen atoms in total. The van der Waals surface area contributed by atoms with E-state index in [9.17, 15) is 4.79 Å². The first-order valence-corrected chi connectivity index (χ1v) is 5.85. The maximum atomic E-state index is 11.6. The summed E-state index contributed by atoms with van der Waals surface area (Å²) in [5.41, 5.74) is 1.82. The molecule has 2 N–H and O–H groups in total. The molecule has 0 aliphatic heterocycles. The minimum absolute atomic E-state index is 0.0932. The molecule has 1 aromatic rings. The van der Waals surface area contributed by atoms with Crippen LogP contribution in [0.4, 0.5) is 4.79 Å². The van der Waals surface area contributed by atoms with E-state index in [0.29, 0.717) is 13.1 Å². The Hall–Kier alpha value is -1.99. The Morgan fingerprint density at radius 3 is 2.94 bits per heavy atom. The largest absolute Gasteiger partial charge is 0.384 e. The smallest absolute Gasteiger partial charge is 0.317 e. The lowest BCUT2D eigenvalue weighted by Crippen LogP contribution is -2.36. The molecule has 0 bridgehead atoms. The molecule has 4 heteroatoms. The topological polar surface area (TPSA) is 52.6 Å². The average molecular weight is 246 g/mol. The van der Waals surface area contributed by atoms with E-state index in [1.54, 1.807) is 11.9 Å². The second-order valence-electron chi connectivity index (χ2n) is 3.83. The highest BCUT2D eigenvalue weighted by Crippen LogP contribution is 2.04. The van der Waals surface area contributed by atoms with Crippen molar-refractivity contribution in [1.82, 2.24) is 10.2 Å². The van der Waals surface area contributed by atoms with Gasteiger partial charge in [-0.15, -0.1) is 0 Å². The molecule has 0 aromatic heterocycles. The van der Waals surface area contributed by atoms with Gasteiger partial charge in [-0.3, -0.25) is 0 Å². The molecule has 0 aliphatic carbocycles. The Kier molecular flexibility index (Phi) is 5.75. The zero-order chi connectivity index (χ0) is 13.4. The first kappa shape index (κ1) is 14.1. The highest BCUT2D eigenvalue weighted by Gasteiger charge is 2.04. The van der Waals surface area contributed by atoms with Gasteiger partial charge in [0.05, 0.1) is 0 Å². The van der Waals surface area contributed by atoms with Crippen LogP contribution in [-0.4, -0.2) is 36.2 Å². The van der Waals surface area contributed by atoms with E-state index in [2.05, 4.69) is 17.2 Å². The number of hydrogen-bond acceptors (Lipinski definition) is 2. The summed E-state index contributed by atoms with van der Waals surface area (Å²) in [7, 11) is 1.75. The third-order valence-corrected chi connectivity index (χ3v) is 2.50. The van der Waals surface area contributed by atoms with E-state index < -0.39 is 0 Å². The standard InChI is InChI=1S/C14H18N2O2/c1-3-16(2)14(18)15-11-13-7-4-6-12(10-13)8-5-9-17/h4,6-7,10,17H,3,9,11H2,1-2H3,(H,15,18). The van der Waals surface area contributed by atoms with Crippen molar-refractivity contribution in [2.45, 2.75) is 13.5 Å². The number of benzene rings is 1. The number of amides is 2. The van der Waals surface area contributed by atoms with Crippen LogP contribution in [0.1, 0.15) is 18.1 Å². The van der Waals surface area contributed by atoms with Gasteiger partial charge in [0, 0.05) is 25.7 Å². The molecule has 0 aliphatic rings. The van der Waals surface area contributed by atoms with Crippen molar-refractivity contribution in [3.63, 3.8) is 0 Å². The fraction of sp³-hybridized carbons (Fsp3) is 0.357. The second kappa shape index (κ2) is 7.36. The predicted octanol–water partition coefficient (Wildman–Crippen LogP) is 1.19. The van der Waals surface area contributed by atoms with Gasteiger partial charge in [-0.2, -0.15) is 0 Å². The van der Waals surface area contributed by atoms with Crippen molar-refractivity contribution < 1.29 is 9.90 Å². The first-order chi connectivity index (χ1) is 8.67. The second-order valence-corrected chi connectivity index (χ2v) is 3.83. The minimum Gasteiger partial charge on any atom is -0.384 e. The summed E-state index contributed by atoms with van der Waals surface area (Å²) in [5.74, 6) is 5.43. The third-order valence-electron chi connectivity index (χ3n) is 2.50. The lowest BCUT2D eigenvalue weighted by molar-refractivity contribution is 0.210. The average Bonchev–Trinajstić information content (AvgIpc) is 2.42. The highest BCUT2D eigenvalue weighted by molar-refractivity contribution is 5.73. The van der Waals surface area contributed by atoms with Gasteiger partial charge in [0.15, 0.2) is 0 Å². The Bertz CT molecular complexity index is 460. The van der Waals surface area contributed by atoms with Crippen LogP contribution >= 0.6 is 0 Å². The van der Waals surface area contributed by atoms with Gasteiger partial charge in [-0.05, 0) is 24.6 Å². The van der Waals surface area contributed by atoms with Gasteiger partial charge in [0.1, 0.15) is 6.61 Å². The Labute approximate surface area is 108 Å². The number of urea groups is 1. The molecular formula is C14H18N2O2. The van der Waals surface area contributed by atoms with E-state index in [-0.39, 0.29) is 12.6 Å². The zero-order valence-corrected chi connectivity index (χ0v) is 10.7. The normalized spacial score (nSPS) is 9.28. The summed E-state index contributed by atoms with van der Waals surface area (Å²) in [6.07, 6.45) is 0. The molecule has 96 valence electrons. The molecule has 0 spiro atoms. The lowest BCUT2D eigenvalue weighted by atomic mass is 10.1. The molecule has 0 radical (unpaired) electrons. The molecule has 0 heterocycles. The summed E-state index contributed by atoms with van der Waals surface area (Å²) in [4.78, 5) is 13.2. The van der Waals surface area contributed by atoms with Crippen molar-refractivity contribution in [2.75, 3.05) is 20.2 Å². The SMILES string of the molecule is CCN(C)C(=O)NCc1cccc(C#CCO)c1. The van der Waals surface area contributed by atoms with Crippen molar-refractivity contribution in [1.29, 1.82) is 0 Å². The summed E-state index contributed by atoms with van der Waals surface area (Å²) in [5, 5.41) is 11.4. The predicted molar refractivity (Wildman–Crippen MR) is 70.9 cm³/mol. The highest BCUT2D eigenvalue weighted by atomic mass is 16.2. The first-order valence-electron chi connectivity index (χ1n) is 5.85. The molecule has 0 saturated carbocycles. The number of aliphatic hydroxyl groups is 1. The minimum atomic E-state index is -0.151. The fourth-order valence-electron chi connectivity index (χ4n) is 1.36. The van der Waals surface area contributed by atoms with E-state index in [4.69, 9.17) is 5.11 Å². The van der Waals surface area contributed by atoms with Gasteiger partial charge in [-0.25, -0.2) is 4.79 Å². The third kappa shape index (κ3) is 4.48. The number of hydrogen-bond donors (Lipinski definition) is 2. The van der Waals surface area contributed by atoms with Crippen LogP contribution in [0.5, 0.6) is 0 Å². The van der Waals surface area contributed by atoms with Gasteiger partial charge in [0.2, 0.25) is 0 Å². The molecular weight excluding hydrogens is 228 g/mol. The maximum absolute atomic E-state index is 11.6. The molecule has 2 amide bonds. The Morgan fingerprint density at radius 1 is 1.50 bits per heavy atom. The molecule has 0 fully saturated rings. The molecule has 0 saturated heterocycles. The van der Waals surface area contributed by atoms with E-state index >= 15 is 0 Å². The number of aliphatic hydroxyl groups excluding tert-OH is 1. The van der Waals surface area contributed by atoms with Gasteiger partial charge >= 0.3 is 6.03 Å². The fourth-order valence-corrected chi connectivity index (χ4v) is 1.36. The van der Waals surface area contributed by atoms with Crippen LogP contribution in [0.3, 0.4) is 0 Å². The number of nitrogens with one attached hydrogen (secondary N) is 1. The van der Waals surface area contributed by atoms with Crippen molar-refractivity contribution in [2.24, 2.45) is 0 Å². The zero-order valence-electron chi connectivity index (χ0n) is 10.7. The summed E-state index contributed by atoms with van der Waals surface area (Å²) in [6.45, 7) is 2.92. The van der Waals surface area contributed by atoms with Crippen molar-refractivity contribution in [3.05, 3.63) is 35.4 Å². The lowest BCUT2D eigenvalue weighted by Gasteiger charge is -2.15. The maximum Gasteiger partial charge on any atom is 0.317 e. The molecule has 0 atom stereocenters. The summed E-state index contributed by atoms with van der Waals surface area (Å²) < 4.78 is 0. The van der Waals surface area contributed by atoms with E-state index in [1.165, 1.54) is 0 Å². The Balaban J connectivity index is 2.60. The van der Waals surface area contributed by atoms with Crippen LogP contribution in [0, 0.1) is 11.8 Å². The van der Waals surface area contributed by atoms with Crippen LogP contribution in [-0.2, 0) is 6.54 Å². The van der Waals surface area contributed by atoms with Crippen LogP contribution in [0.25, 0.3) is 0 Å². The van der Waals surface area contributed by atoms with E-state index in [1.807, 2.05) is 31.2 Å². The number of rotatable bonds is 3. The van der Waals surface area contributed by atoms with Crippen LogP contribution < -0.4 is 5.32 Å². The van der Waals surface area contributed by atoms with E-state index in [0.717, 1.165) is 11.1 Å². The van der Waals surface area contributed by atoms with Gasteiger partial charge < -0.3 is 15.3 Å². The van der Waals surface area contributed by atoms with Gasteiger partial charge in [0.25, 0.3) is 0 Å². The quantitative estimate of drug-likeness (QED) is 0.787. The van der Waals surface area contributed by atoms with Crippen molar-refractivity contribution in [3.8, 4) is 11.8 Å². The summed E-state index contributed by atoms with van der Waals surface area (Å²) in [6, 6.07) is 7.48. The monoisotopic (exact) mass is 246 g/mol. The molecule has 0 unspecified atom stereocenters. The molecule has 1 aromatic carbocycles. The number of carbonyl (C=O) groups excluding carboxylic acids is 1. The number of nitrogens with zero attached hydrogens (tertiary/aromatic N) is 1. The molecule has 1 rings (SSSR count). The number of carbonyl (C=O) groups is 1. The van der Waals surface area contributed by atoms with Gasteiger partial charge in [-0.1, -0.05) is 24.0 Å². The van der Waals surface area contributed by atoms with Crippen LogP contribution in [0.2, 0.25) is 0 Å². The van der Waals surface area contributed by atoms with Crippen molar-refractivity contribution >= 4 is 6.03 Å². The Morgan fingerprint density at radius 2 is 2.28 bits per heavy atom. The molecule has 18 heavy (non-hydrogen) atoms. The summed E-state index contributed by atoms with van der Waals surface area (Å²) >= 11 is 0. The van der Waals surface area contributed by atoms with Crippen LogP contribution in [0.15, 0.2) is 24.3 Å².